The first-order chi connectivity index (χ1) is 15.4. The maximum atomic E-state index is 7.56. The molecule has 0 bridgehead atoms. The van der Waals surface area contributed by atoms with E-state index >= 15 is 0 Å². The van der Waals surface area contributed by atoms with Crippen molar-refractivity contribution in [3.63, 3.8) is 0 Å². The van der Waals surface area contributed by atoms with Crippen LogP contribution >= 0.6 is 0 Å². The molecule has 1 aliphatic rings. The number of rotatable bonds is 26. The van der Waals surface area contributed by atoms with Crippen molar-refractivity contribution < 1.29 is 116 Å². The fourth-order valence-corrected chi connectivity index (χ4v) is 1.14. The molecule has 24 heteroatoms. The maximum absolute atomic E-state index is 7.56. The van der Waals surface area contributed by atoms with Crippen molar-refractivity contribution in [1.29, 1.82) is 0 Å². The molecule has 2 N–H and O–H groups in total. The van der Waals surface area contributed by atoms with Crippen molar-refractivity contribution in [2.75, 3.05) is 13.3 Å². The van der Waals surface area contributed by atoms with Crippen LogP contribution in [0, 0.1) is 5.92 Å². The van der Waals surface area contributed by atoms with Gasteiger partial charge in [0.2, 0.25) is 6.79 Å². The quantitative estimate of drug-likeness (QED) is 0.0525. The molecule has 0 saturated heterocycles. The Labute approximate surface area is 167 Å². The summed E-state index contributed by atoms with van der Waals surface area (Å²) in [5.74, 6) is 0.518. The second-order valence-corrected chi connectivity index (χ2v) is 3.84. The Kier molecular flexibility index (Phi) is 21.0. The SMILES string of the molecule is OOOOOOOOOOOCOOOOOOOOOOOONCCC1C=CC1. The molecule has 1 unspecified atom stereocenters. The maximum Gasteiger partial charge on any atom is 0.221 e. The Hall–Kier alpha value is -1.22. The largest absolute Gasteiger partial charge is 0.221 e. The first kappa shape index (κ1) is 27.8. The molecule has 31 heavy (non-hydrogen) atoms. The van der Waals surface area contributed by atoms with Gasteiger partial charge in [0.25, 0.3) is 0 Å². The van der Waals surface area contributed by atoms with Crippen molar-refractivity contribution in [3.05, 3.63) is 12.2 Å². The number of hydrogen-bond donors (Lipinski definition) is 2. The van der Waals surface area contributed by atoms with Gasteiger partial charge >= 0.3 is 0 Å². The first-order valence-corrected chi connectivity index (χ1v) is 7.04. The van der Waals surface area contributed by atoms with E-state index in [0.717, 1.165) is 12.8 Å². The van der Waals surface area contributed by atoms with E-state index in [9.17, 15) is 0 Å². The lowest BCUT2D eigenvalue weighted by Gasteiger charge is -2.16. The lowest BCUT2D eigenvalue weighted by molar-refractivity contribution is -0.866. The van der Waals surface area contributed by atoms with E-state index in [0.29, 0.717) is 12.5 Å². The van der Waals surface area contributed by atoms with Crippen molar-refractivity contribution in [3.8, 4) is 0 Å². The molecule has 0 radical (unpaired) electrons. The van der Waals surface area contributed by atoms with Crippen molar-refractivity contribution in [2.24, 2.45) is 5.92 Å². The summed E-state index contributed by atoms with van der Waals surface area (Å²) in [4.78, 5) is 12.4. The molecular formula is C7H13NO23. The van der Waals surface area contributed by atoms with Gasteiger partial charge in [0.15, 0.2) is 0 Å². The van der Waals surface area contributed by atoms with Crippen LogP contribution in [0.1, 0.15) is 12.8 Å². The summed E-state index contributed by atoms with van der Waals surface area (Å²) in [7, 11) is 0. The standard InChI is InChI=1S/C7H13NO23/c9-13-17-21-25-29-26-22-18-14-10-6-11-15-19-23-27-30-31-28-24-20-16-12-8-5-4-7-2-1-3-7/h1-2,7-9H,3-6H2. The minimum absolute atomic E-state index is 0.508. The third-order valence-corrected chi connectivity index (χ3v) is 2.22. The van der Waals surface area contributed by atoms with Gasteiger partial charge in [-0.3, -0.25) is 0 Å². The molecule has 1 aliphatic carbocycles. The van der Waals surface area contributed by atoms with E-state index in [1.165, 1.54) is 0 Å². The summed E-state index contributed by atoms with van der Waals surface area (Å²) in [6, 6.07) is 0. The number of allylic oxidation sites excluding steroid dienone is 2. The highest BCUT2D eigenvalue weighted by molar-refractivity contribution is 5.01. The Balaban J connectivity index is 1.59. The second-order valence-electron chi connectivity index (χ2n) is 3.84. The Morgan fingerprint density at radius 3 is 1.55 bits per heavy atom. The van der Waals surface area contributed by atoms with E-state index in [-0.39, 0.29) is 0 Å². The molecule has 0 aromatic carbocycles. The molecule has 0 spiro atoms. The van der Waals surface area contributed by atoms with E-state index in [2.05, 4.69) is 128 Å². The van der Waals surface area contributed by atoms with E-state index in [1.807, 2.05) is 0 Å². The molecule has 0 saturated carbocycles. The third kappa shape index (κ3) is 20.4. The number of hydrogen-bond acceptors (Lipinski definition) is 24. The van der Waals surface area contributed by atoms with Crippen LogP contribution in [0.15, 0.2) is 12.2 Å². The van der Waals surface area contributed by atoms with Crippen molar-refractivity contribution >= 4 is 0 Å². The molecule has 0 aromatic rings. The van der Waals surface area contributed by atoms with Crippen LogP contribution in [-0.4, -0.2) is 18.6 Å². The predicted octanol–water partition coefficient (Wildman–Crippen LogP) is -0.447. The Bertz CT molecular complexity index is 385. The summed E-state index contributed by atoms with van der Waals surface area (Å²) < 4.78 is 0. The van der Waals surface area contributed by atoms with Gasteiger partial charge in [0, 0.05) is 6.54 Å². The van der Waals surface area contributed by atoms with E-state index in [1.54, 1.807) is 0 Å². The van der Waals surface area contributed by atoms with E-state index < -0.39 is 6.79 Å². The van der Waals surface area contributed by atoms with Gasteiger partial charge in [-0.2, -0.15) is 15.3 Å². The average Bonchev–Trinajstić information content (AvgIpc) is 2.75. The first-order valence-electron chi connectivity index (χ1n) is 7.04. The average molecular weight is 479 g/mol. The fraction of sp³-hybridized carbons (Fsp3) is 0.714. The molecular weight excluding hydrogens is 466 g/mol. The van der Waals surface area contributed by atoms with Crippen LogP contribution in [0.4, 0.5) is 0 Å². The topological polar surface area (TPSA) is 235 Å². The second kappa shape index (κ2) is 23.4. The molecule has 1 rings (SSSR count). The monoisotopic (exact) mass is 479 g/mol. The van der Waals surface area contributed by atoms with Gasteiger partial charge in [0.1, 0.15) is 0 Å². The van der Waals surface area contributed by atoms with Crippen molar-refractivity contribution in [2.45, 2.75) is 12.8 Å². The molecule has 24 nitrogen and oxygen atoms in total. The summed E-state index contributed by atoms with van der Waals surface area (Å²) in [6.45, 7) is -0.289. The number of hydroxylamine groups is 1. The van der Waals surface area contributed by atoms with Crippen LogP contribution in [0.5, 0.6) is 0 Å². The molecule has 0 heterocycles. The van der Waals surface area contributed by atoms with Gasteiger partial charge in [0.05, 0.1) is 0 Å². The zero-order valence-electron chi connectivity index (χ0n) is 14.5. The fourth-order valence-electron chi connectivity index (χ4n) is 1.14. The van der Waals surface area contributed by atoms with Crippen LogP contribution in [-0.2, 0) is 110 Å². The molecule has 0 aromatic heterocycles. The predicted molar refractivity (Wildman–Crippen MR) is 61.2 cm³/mol. The molecule has 184 valence electrons. The summed E-state index contributed by atoms with van der Waals surface area (Å²) in [6.07, 6.45) is 6.01. The van der Waals surface area contributed by atoms with Crippen LogP contribution in [0.25, 0.3) is 0 Å². The van der Waals surface area contributed by atoms with Gasteiger partial charge in [-0.15, -0.1) is 4.99 Å². The molecule has 0 fully saturated rings. The lowest BCUT2D eigenvalue weighted by Crippen LogP contribution is -2.20. The highest BCUT2D eigenvalue weighted by Crippen LogP contribution is 2.19. The number of nitrogens with one attached hydrogen (secondary N) is 1. The minimum atomic E-state index is -0.797. The zero-order chi connectivity index (χ0) is 22.1. The summed E-state index contributed by atoms with van der Waals surface area (Å²) in [5, 5.41) is 75.8. The smallest absolute Gasteiger partial charge is 0.219 e. The Morgan fingerprint density at radius 1 is 0.645 bits per heavy atom. The normalized spacial score (nSPS) is 15.5. The molecule has 0 amide bonds. The molecule has 0 aliphatic heterocycles. The van der Waals surface area contributed by atoms with E-state index in [4.69, 9.17) is 5.26 Å². The van der Waals surface area contributed by atoms with Gasteiger partial charge in [-0.1, -0.05) is 12.2 Å². The lowest BCUT2D eigenvalue weighted by atomic mass is 9.92. The highest BCUT2D eigenvalue weighted by Gasteiger charge is 2.08. The minimum Gasteiger partial charge on any atom is -0.219 e. The zero-order valence-corrected chi connectivity index (χ0v) is 14.5. The van der Waals surface area contributed by atoms with Crippen LogP contribution in [0.3, 0.4) is 0 Å². The van der Waals surface area contributed by atoms with Crippen LogP contribution < -0.4 is 5.48 Å². The van der Waals surface area contributed by atoms with Gasteiger partial charge < -0.3 is 0 Å². The van der Waals surface area contributed by atoms with Crippen molar-refractivity contribution in [1.82, 2.24) is 5.48 Å². The summed E-state index contributed by atoms with van der Waals surface area (Å²) in [5.41, 5.74) is 2.41. The molecule has 1 atom stereocenters. The summed E-state index contributed by atoms with van der Waals surface area (Å²) >= 11 is 0. The van der Waals surface area contributed by atoms with Gasteiger partial charge in [-0.25, -0.2) is 5.26 Å². The van der Waals surface area contributed by atoms with Gasteiger partial charge in [-0.05, 0) is 114 Å². The highest BCUT2D eigenvalue weighted by atomic mass is 18.0. The third-order valence-electron chi connectivity index (χ3n) is 2.22. The van der Waals surface area contributed by atoms with Crippen LogP contribution in [0.2, 0.25) is 0 Å². The Morgan fingerprint density at radius 2 is 1.10 bits per heavy atom.